The van der Waals surface area contributed by atoms with E-state index in [1.54, 1.807) is 3.96 Å². The van der Waals surface area contributed by atoms with Gasteiger partial charge >= 0.3 is 0 Å². The summed E-state index contributed by atoms with van der Waals surface area (Å²) in [4.78, 5) is 25.7. The molecule has 0 radical (unpaired) electrons. The fourth-order valence-corrected chi connectivity index (χ4v) is 7.59. The van der Waals surface area contributed by atoms with Gasteiger partial charge in [-0.15, -0.1) is 0 Å². The lowest BCUT2D eigenvalue weighted by Crippen LogP contribution is -2.56. The van der Waals surface area contributed by atoms with Crippen LogP contribution in [0.5, 0.6) is 0 Å². The van der Waals surface area contributed by atoms with Gasteiger partial charge in [0, 0.05) is 6.04 Å². The fourth-order valence-electron chi connectivity index (χ4n) is 6.55. The van der Waals surface area contributed by atoms with Crippen molar-refractivity contribution in [1.82, 2.24) is 9.27 Å². The van der Waals surface area contributed by atoms with Crippen LogP contribution in [0.25, 0.3) is 10.1 Å². The Balaban J connectivity index is 1.35. The molecule has 0 spiro atoms. The average molecular weight is 385 g/mol. The van der Waals surface area contributed by atoms with Crippen molar-refractivity contribution < 1.29 is 4.79 Å². The van der Waals surface area contributed by atoms with Gasteiger partial charge in [-0.2, -0.15) is 0 Å². The van der Waals surface area contributed by atoms with Crippen molar-refractivity contribution in [3.05, 3.63) is 34.6 Å². The molecule has 1 aromatic heterocycles. The molecule has 0 aliphatic heterocycles. The van der Waals surface area contributed by atoms with Crippen LogP contribution in [-0.4, -0.2) is 15.9 Å². The molecule has 1 heterocycles. The molecule has 4 fully saturated rings. The van der Waals surface area contributed by atoms with Gasteiger partial charge in [0.15, 0.2) is 0 Å². The van der Waals surface area contributed by atoms with Crippen molar-refractivity contribution >= 4 is 27.5 Å². The second-order valence-corrected chi connectivity index (χ2v) is 10.4. The molecular formula is C22H28N2O2S. The van der Waals surface area contributed by atoms with E-state index in [4.69, 9.17) is 0 Å². The number of hydrogen-bond acceptors (Lipinski definition) is 3. The standard InChI is InChI=1S/C22H28N2O2S/c1-13(24-21(26)18-5-3-4-6-19(18)27-24)20(25)23-14(2)22-10-15-7-16(11-22)9-17(8-15)12-22/h3-6,13-17H,7-12H2,1-2H3,(H,23,25)/t13-,14-,15?,16?,17?,22?/m0/s1. The Labute approximate surface area is 164 Å². The first-order valence-corrected chi connectivity index (χ1v) is 11.1. The second-order valence-electron chi connectivity index (χ2n) is 9.40. The zero-order valence-electron chi connectivity index (χ0n) is 16.1. The van der Waals surface area contributed by atoms with Gasteiger partial charge in [0.25, 0.3) is 5.56 Å². The number of benzene rings is 1. The Morgan fingerprint density at radius 2 is 1.70 bits per heavy atom. The number of aromatic nitrogens is 1. The number of fused-ring (bicyclic) bond motifs is 1. The molecule has 4 saturated carbocycles. The van der Waals surface area contributed by atoms with Gasteiger partial charge in [-0.25, -0.2) is 0 Å². The number of rotatable bonds is 4. The van der Waals surface area contributed by atoms with E-state index in [0.29, 0.717) is 5.39 Å². The molecule has 1 amide bonds. The molecule has 5 heteroatoms. The van der Waals surface area contributed by atoms with Crippen LogP contribution in [0.4, 0.5) is 0 Å². The Morgan fingerprint density at radius 3 is 2.30 bits per heavy atom. The molecule has 4 aliphatic rings. The number of carbonyl (C=O) groups excluding carboxylic acids is 1. The minimum atomic E-state index is -0.466. The zero-order valence-corrected chi connectivity index (χ0v) is 16.9. The lowest BCUT2D eigenvalue weighted by molar-refractivity contribution is -0.128. The number of carbonyl (C=O) groups is 1. The highest BCUT2D eigenvalue weighted by Gasteiger charge is 2.53. The highest BCUT2D eigenvalue weighted by Crippen LogP contribution is 2.61. The molecule has 27 heavy (non-hydrogen) atoms. The lowest BCUT2D eigenvalue weighted by Gasteiger charge is -2.59. The summed E-state index contributed by atoms with van der Waals surface area (Å²) in [6.07, 6.45) is 8.06. The zero-order chi connectivity index (χ0) is 18.8. The van der Waals surface area contributed by atoms with Gasteiger partial charge in [0.2, 0.25) is 5.91 Å². The molecule has 4 nitrogen and oxygen atoms in total. The van der Waals surface area contributed by atoms with E-state index in [1.807, 2.05) is 31.2 Å². The van der Waals surface area contributed by atoms with Crippen LogP contribution in [0.3, 0.4) is 0 Å². The van der Waals surface area contributed by atoms with Crippen LogP contribution in [0, 0.1) is 23.2 Å². The maximum atomic E-state index is 13.0. The van der Waals surface area contributed by atoms with Crippen LogP contribution in [0.15, 0.2) is 29.1 Å². The molecule has 0 saturated heterocycles. The summed E-state index contributed by atoms with van der Waals surface area (Å²) in [6.45, 7) is 4.05. The molecule has 1 N–H and O–H groups in total. The third-order valence-electron chi connectivity index (χ3n) is 7.61. The van der Waals surface area contributed by atoms with Gasteiger partial charge in [-0.1, -0.05) is 23.7 Å². The maximum Gasteiger partial charge on any atom is 0.269 e. The summed E-state index contributed by atoms with van der Waals surface area (Å²) in [5.74, 6) is 2.60. The quantitative estimate of drug-likeness (QED) is 0.852. The predicted molar refractivity (Wildman–Crippen MR) is 109 cm³/mol. The summed E-state index contributed by atoms with van der Waals surface area (Å²) in [6, 6.07) is 7.31. The normalized spacial score (nSPS) is 33.9. The summed E-state index contributed by atoms with van der Waals surface area (Å²) in [5.41, 5.74) is 0.232. The number of nitrogens with zero attached hydrogens (tertiary/aromatic N) is 1. The maximum absolute atomic E-state index is 13.0. The SMILES string of the molecule is C[C@H](NC(=O)[C@H](C)n1sc2ccccc2c1=O)C12CC3CC(CC(C3)C1)C2. The topological polar surface area (TPSA) is 51.1 Å². The molecule has 144 valence electrons. The number of amides is 1. The molecular weight excluding hydrogens is 356 g/mol. The van der Waals surface area contributed by atoms with Crippen molar-refractivity contribution in [2.24, 2.45) is 23.2 Å². The first kappa shape index (κ1) is 17.5. The Morgan fingerprint density at radius 1 is 1.11 bits per heavy atom. The van der Waals surface area contributed by atoms with Crippen LogP contribution in [-0.2, 0) is 4.79 Å². The smallest absolute Gasteiger partial charge is 0.269 e. The minimum Gasteiger partial charge on any atom is -0.351 e. The molecule has 2 aromatic rings. The fraction of sp³-hybridized carbons (Fsp3) is 0.636. The number of hydrogen-bond donors (Lipinski definition) is 1. The van der Waals surface area contributed by atoms with Gasteiger partial charge in [-0.05, 0) is 87.7 Å². The van der Waals surface area contributed by atoms with Crippen LogP contribution in [0.1, 0.15) is 58.4 Å². The monoisotopic (exact) mass is 384 g/mol. The van der Waals surface area contributed by atoms with E-state index < -0.39 is 6.04 Å². The summed E-state index contributed by atoms with van der Waals surface area (Å²) >= 11 is 1.39. The Hall–Kier alpha value is -1.62. The van der Waals surface area contributed by atoms with Gasteiger partial charge in [0.1, 0.15) is 6.04 Å². The highest BCUT2D eigenvalue weighted by molar-refractivity contribution is 7.14. The molecule has 6 rings (SSSR count). The van der Waals surface area contributed by atoms with E-state index in [9.17, 15) is 9.59 Å². The third-order valence-corrected chi connectivity index (χ3v) is 8.84. The number of nitrogens with one attached hydrogen (secondary N) is 1. The highest BCUT2D eigenvalue weighted by atomic mass is 32.1. The van der Waals surface area contributed by atoms with Crippen molar-refractivity contribution in [3.63, 3.8) is 0 Å². The van der Waals surface area contributed by atoms with E-state index in [-0.39, 0.29) is 22.9 Å². The summed E-state index contributed by atoms with van der Waals surface area (Å²) < 4.78 is 2.57. The van der Waals surface area contributed by atoms with E-state index in [0.717, 1.165) is 22.5 Å². The first-order valence-electron chi connectivity index (χ1n) is 10.4. The van der Waals surface area contributed by atoms with E-state index >= 15 is 0 Å². The molecule has 4 aliphatic carbocycles. The van der Waals surface area contributed by atoms with Crippen molar-refractivity contribution in [2.45, 2.75) is 64.5 Å². The summed E-state index contributed by atoms with van der Waals surface area (Å²) in [7, 11) is 0. The van der Waals surface area contributed by atoms with Crippen LogP contribution < -0.4 is 10.9 Å². The Kier molecular flexibility index (Phi) is 4.01. The first-order chi connectivity index (χ1) is 12.9. The van der Waals surface area contributed by atoms with Gasteiger partial charge < -0.3 is 5.32 Å². The van der Waals surface area contributed by atoms with Crippen LogP contribution >= 0.6 is 11.5 Å². The van der Waals surface area contributed by atoms with Crippen LogP contribution in [0.2, 0.25) is 0 Å². The lowest BCUT2D eigenvalue weighted by atomic mass is 9.48. The third kappa shape index (κ3) is 2.77. The van der Waals surface area contributed by atoms with E-state index in [2.05, 4.69) is 12.2 Å². The van der Waals surface area contributed by atoms with Gasteiger partial charge in [-0.3, -0.25) is 13.5 Å². The van der Waals surface area contributed by atoms with Gasteiger partial charge in [0.05, 0.1) is 10.1 Å². The molecule has 2 atom stereocenters. The van der Waals surface area contributed by atoms with Crippen molar-refractivity contribution in [1.29, 1.82) is 0 Å². The summed E-state index contributed by atoms with van der Waals surface area (Å²) in [5, 5.41) is 4.02. The van der Waals surface area contributed by atoms with Crippen molar-refractivity contribution in [2.75, 3.05) is 0 Å². The molecule has 0 unspecified atom stereocenters. The predicted octanol–water partition coefficient (Wildman–Crippen LogP) is 4.35. The average Bonchev–Trinajstić information content (AvgIpc) is 2.97. The second kappa shape index (κ2) is 6.20. The van der Waals surface area contributed by atoms with Crippen molar-refractivity contribution in [3.8, 4) is 0 Å². The molecule has 1 aromatic carbocycles. The minimum absolute atomic E-state index is 0.0214. The largest absolute Gasteiger partial charge is 0.351 e. The Bertz CT molecular complexity index is 908. The van der Waals surface area contributed by atoms with E-state index in [1.165, 1.54) is 50.1 Å². The molecule has 4 bridgehead atoms.